The first-order valence-corrected chi connectivity index (χ1v) is 17.2. The lowest BCUT2D eigenvalue weighted by molar-refractivity contribution is -0.204. The van der Waals surface area contributed by atoms with Crippen molar-refractivity contribution in [2.45, 2.75) is 65.9 Å². The smallest absolute Gasteiger partial charge is 0.344 e. The molecular weight excluding hydrogens is 590 g/mol. The average molecular weight is 627 g/mol. The molecule has 5 aliphatic rings. The molecule has 0 amide bonds. The summed E-state index contributed by atoms with van der Waals surface area (Å²) in [7, 11) is -0.921. The maximum Gasteiger partial charge on any atom is 0.344 e. The molecule has 4 saturated carbocycles. The van der Waals surface area contributed by atoms with Crippen molar-refractivity contribution in [2.75, 3.05) is 6.61 Å². The Morgan fingerprint density at radius 1 is 0.733 bits per heavy atom. The zero-order valence-electron chi connectivity index (χ0n) is 25.2. The molecule has 0 atom stereocenters. The molecule has 0 saturated heterocycles. The third-order valence-corrected chi connectivity index (χ3v) is 13.1. The lowest BCUT2D eigenvalue weighted by atomic mass is 9.50. The van der Waals surface area contributed by atoms with Crippen LogP contribution in [-0.4, -0.2) is 18.2 Å². The normalized spacial score (nSPS) is 26.3. The molecule has 4 aromatic rings. The second kappa shape index (κ2) is 11.2. The van der Waals surface area contributed by atoms with Crippen molar-refractivity contribution in [1.82, 2.24) is 0 Å². The van der Waals surface area contributed by atoms with E-state index < -0.39 is 10.9 Å². The fourth-order valence-electron chi connectivity index (χ4n) is 8.49. The largest absolute Gasteiger partial charge is 0.489 e. The van der Waals surface area contributed by atoms with Gasteiger partial charge in [0.1, 0.15) is 35.3 Å². The minimum atomic E-state index is -0.921. The highest BCUT2D eigenvalue weighted by molar-refractivity contribution is 8.17. The molecule has 0 radical (unpaired) electrons. The first-order chi connectivity index (χ1) is 21.8. The van der Waals surface area contributed by atoms with E-state index in [9.17, 15) is 13.6 Å². The van der Waals surface area contributed by atoms with Gasteiger partial charge in [0.25, 0.3) is 0 Å². The monoisotopic (exact) mass is 626 g/mol. The van der Waals surface area contributed by atoms with Gasteiger partial charge in [-0.25, -0.2) is 13.6 Å². The topological polar surface area (TPSA) is 44.8 Å². The van der Waals surface area contributed by atoms with Crippen LogP contribution < -0.4 is 9.47 Å². The van der Waals surface area contributed by atoms with Crippen molar-refractivity contribution in [1.29, 1.82) is 0 Å². The molecule has 9 rings (SSSR count). The molecule has 4 nitrogen and oxygen atoms in total. The SMILES string of the molecule is CC1(OC(=O)COc2ccc(COc3ccc([SH]4c5ccc(F)cc5-c5cc(F)ccc54)cc3)cc2)C2CC3CC(C2)CC1C3. The van der Waals surface area contributed by atoms with E-state index in [4.69, 9.17) is 14.2 Å². The summed E-state index contributed by atoms with van der Waals surface area (Å²) in [5, 5.41) is 0. The number of halogens is 2. The number of carbonyl (C=O) groups is 1. The van der Waals surface area contributed by atoms with E-state index in [0.29, 0.717) is 24.2 Å². The van der Waals surface area contributed by atoms with E-state index in [1.54, 1.807) is 0 Å². The van der Waals surface area contributed by atoms with Crippen molar-refractivity contribution in [3.05, 3.63) is 102 Å². The van der Waals surface area contributed by atoms with Crippen LogP contribution in [0.4, 0.5) is 8.78 Å². The molecule has 0 aromatic heterocycles. The summed E-state index contributed by atoms with van der Waals surface area (Å²) < 4.78 is 46.1. The van der Waals surface area contributed by atoms with Crippen molar-refractivity contribution in [3.63, 3.8) is 0 Å². The Bertz CT molecular complexity index is 1670. The van der Waals surface area contributed by atoms with Crippen molar-refractivity contribution < 1.29 is 27.8 Å². The van der Waals surface area contributed by atoms with Crippen LogP contribution in [0.1, 0.15) is 44.6 Å². The van der Waals surface area contributed by atoms with Gasteiger partial charge in [-0.05, 0) is 157 Å². The summed E-state index contributed by atoms with van der Waals surface area (Å²) in [6.45, 7) is 2.44. The standard InChI is InChI=1S/C38H36F2O4S/c1-38(26-15-24-14-25(17-26)18-27(38)16-24)44-37(41)22-43-30-6-2-23(3-7-30)21-42-31-8-10-32(11-9-31)45-35-12-4-28(39)19-33(35)34-20-29(40)5-13-36(34)45/h2-13,19-20,24-27,45H,14-18,21-22H2,1H3. The summed E-state index contributed by atoms with van der Waals surface area (Å²) >= 11 is 0. The summed E-state index contributed by atoms with van der Waals surface area (Å²) in [4.78, 5) is 15.9. The van der Waals surface area contributed by atoms with Gasteiger partial charge < -0.3 is 14.2 Å². The number of ether oxygens (including phenoxy) is 3. The maximum atomic E-state index is 14.1. The van der Waals surface area contributed by atoms with Gasteiger partial charge in [-0.3, -0.25) is 0 Å². The fraction of sp³-hybridized carbons (Fsp3) is 0.342. The molecule has 1 heterocycles. The van der Waals surface area contributed by atoms with Crippen LogP contribution in [0.15, 0.2) is 99.6 Å². The van der Waals surface area contributed by atoms with Crippen LogP contribution in [0.3, 0.4) is 0 Å². The highest BCUT2D eigenvalue weighted by atomic mass is 32.2. The second-order valence-electron chi connectivity index (χ2n) is 13.3. The number of carbonyl (C=O) groups excluding carboxylic acids is 1. The number of fused-ring (bicyclic) bond motifs is 3. The van der Waals surface area contributed by atoms with E-state index in [2.05, 4.69) is 6.92 Å². The van der Waals surface area contributed by atoms with E-state index in [0.717, 1.165) is 49.0 Å². The predicted molar refractivity (Wildman–Crippen MR) is 170 cm³/mol. The molecule has 4 aromatic carbocycles. The number of benzene rings is 4. The zero-order chi connectivity index (χ0) is 30.7. The maximum absolute atomic E-state index is 14.1. The Morgan fingerprint density at radius 2 is 1.27 bits per heavy atom. The van der Waals surface area contributed by atoms with Crippen molar-refractivity contribution >= 4 is 16.9 Å². The molecule has 1 aliphatic heterocycles. The second-order valence-corrected chi connectivity index (χ2v) is 15.5. The van der Waals surface area contributed by atoms with Crippen molar-refractivity contribution in [3.8, 4) is 22.6 Å². The van der Waals surface area contributed by atoms with Gasteiger partial charge in [0, 0.05) is 9.79 Å². The molecule has 4 bridgehead atoms. The number of hydrogen-bond acceptors (Lipinski definition) is 4. The van der Waals surface area contributed by atoms with Gasteiger partial charge in [-0.15, -0.1) is 0 Å². The van der Waals surface area contributed by atoms with Crippen LogP contribution >= 0.6 is 10.9 Å². The molecular formula is C38H36F2O4S. The Hall–Kier alpha value is -3.84. The molecule has 0 spiro atoms. The van der Waals surface area contributed by atoms with Crippen molar-refractivity contribution in [2.24, 2.45) is 23.7 Å². The van der Waals surface area contributed by atoms with E-state index in [1.807, 2.05) is 60.7 Å². The van der Waals surface area contributed by atoms with Crippen LogP contribution in [0.2, 0.25) is 0 Å². The van der Waals surface area contributed by atoms with E-state index >= 15 is 0 Å². The van der Waals surface area contributed by atoms with Crippen LogP contribution in [-0.2, 0) is 16.1 Å². The van der Waals surface area contributed by atoms with Gasteiger partial charge in [0.2, 0.25) is 0 Å². The lowest BCUT2D eigenvalue weighted by Gasteiger charge is -2.59. The average Bonchev–Trinajstić information content (AvgIpc) is 3.34. The van der Waals surface area contributed by atoms with Gasteiger partial charge in [0.05, 0.1) is 0 Å². The highest BCUT2D eigenvalue weighted by Gasteiger charge is 2.57. The van der Waals surface area contributed by atoms with Gasteiger partial charge in [-0.2, -0.15) is 10.9 Å². The molecule has 7 heteroatoms. The van der Waals surface area contributed by atoms with E-state index in [-0.39, 0.29) is 29.8 Å². The molecule has 4 fully saturated rings. The third kappa shape index (κ3) is 5.29. The number of thiol groups is 1. The summed E-state index contributed by atoms with van der Waals surface area (Å²) in [6.07, 6.45) is 6.15. The molecule has 4 aliphatic carbocycles. The molecule has 0 N–H and O–H groups in total. The fourth-order valence-corrected chi connectivity index (χ4v) is 11.1. The number of rotatable bonds is 8. The summed E-state index contributed by atoms with van der Waals surface area (Å²) in [5.74, 6) is 3.04. The first-order valence-electron chi connectivity index (χ1n) is 15.9. The van der Waals surface area contributed by atoms with E-state index in [1.165, 1.54) is 56.4 Å². The third-order valence-electron chi connectivity index (χ3n) is 10.6. The zero-order valence-corrected chi connectivity index (χ0v) is 26.1. The van der Waals surface area contributed by atoms with Gasteiger partial charge >= 0.3 is 5.97 Å². The quantitative estimate of drug-likeness (QED) is 0.138. The molecule has 0 unspecified atom stereocenters. The Balaban J connectivity index is 0.865. The highest BCUT2D eigenvalue weighted by Crippen LogP contribution is 2.63. The lowest BCUT2D eigenvalue weighted by Crippen LogP contribution is -2.58. The Morgan fingerprint density at radius 3 is 1.84 bits per heavy atom. The Kier molecular flexibility index (Phi) is 7.12. The summed E-state index contributed by atoms with van der Waals surface area (Å²) in [6, 6.07) is 25.1. The minimum Gasteiger partial charge on any atom is -0.489 e. The minimum absolute atomic E-state index is 0.0918. The predicted octanol–water partition coefficient (Wildman–Crippen LogP) is 9.14. The Labute approximate surface area is 265 Å². The number of hydrogen-bond donors (Lipinski definition) is 1. The van der Waals surface area contributed by atoms with Gasteiger partial charge in [0.15, 0.2) is 6.61 Å². The van der Waals surface area contributed by atoms with Crippen LogP contribution in [0.25, 0.3) is 11.1 Å². The first kappa shape index (κ1) is 28.6. The number of esters is 1. The molecule has 45 heavy (non-hydrogen) atoms. The van der Waals surface area contributed by atoms with Crippen LogP contribution in [0, 0.1) is 35.3 Å². The van der Waals surface area contributed by atoms with Crippen LogP contribution in [0.5, 0.6) is 11.5 Å². The summed E-state index contributed by atoms with van der Waals surface area (Å²) in [5.41, 5.74) is 2.15. The molecule has 232 valence electrons. The van der Waals surface area contributed by atoms with Gasteiger partial charge in [-0.1, -0.05) is 12.1 Å².